The van der Waals surface area contributed by atoms with Gasteiger partial charge >= 0.3 is 0 Å². The van der Waals surface area contributed by atoms with E-state index in [9.17, 15) is 4.79 Å². The van der Waals surface area contributed by atoms with Gasteiger partial charge in [0, 0.05) is 25.5 Å². The molecule has 1 aromatic carbocycles. The van der Waals surface area contributed by atoms with Crippen molar-refractivity contribution < 1.29 is 4.79 Å². The Morgan fingerprint density at radius 3 is 2.83 bits per heavy atom. The number of imidazole rings is 1. The fourth-order valence-electron chi connectivity index (χ4n) is 3.36. The summed E-state index contributed by atoms with van der Waals surface area (Å²) in [6, 6.07) is 7.88. The monoisotopic (exact) mass is 321 g/mol. The van der Waals surface area contributed by atoms with E-state index >= 15 is 0 Å². The number of amides is 1. The maximum atomic E-state index is 12.8. The molecule has 0 spiro atoms. The van der Waals surface area contributed by atoms with Crippen molar-refractivity contribution in [1.82, 2.24) is 24.4 Å². The normalized spacial score (nSPS) is 18.0. The average Bonchev–Trinajstić information content (AvgIpc) is 3.07. The molecule has 0 radical (unpaired) electrons. The highest BCUT2D eigenvalue weighted by Gasteiger charge is 2.27. The van der Waals surface area contributed by atoms with E-state index in [1.54, 1.807) is 6.20 Å². The predicted octanol–water partition coefficient (Wildman–Crippen LogP) is 2.61. The molecule has 0 aliphatic carbocycles. The fourth-order valence-corrected chi connectivity index (χ4v) is 3.36. The number of benzene rings is 1. The number of hydrogen-bond donors (Lipinski definition) is 0. The van der Waals surface area contributed by atoms with Crippen LogP contribution in [-0.2, 0) is 0 Å². The van der Waals surface area contributed by atoms with Gasteiger partial charge in [-0.3, -0.25) is 9.78 Å². The molecule has 3 heterocycles. The lowest BCUT2D eigenvalue weighted by atomic mass is 10.0. The van der Waals surface area contributed by atoms with Crippen LogP contribution in [0.25, 0.3) is 11.0 Å². The van der Waals surface area contributed by atoms with Gasteiger partial charge in [0.05, 0.1) is 23.3 Å². The van der Waals surface area contributed by atoms with Gasteiger partial charge in [-0.25, -0.2) is 9.97 Å². The fraction of sp³-hybridized carbons (Fsp3) is 0.333. The first kappa shape index (κ1) is 14.8. The van der Waals surface area contributed by atoms with Gasteiger partial charge in [-0.1, -0.05) is 12.1 Å². The number of para-hydroxylation sites is 2. The second-order valence-electron chi connectivity index (χ2n) is 6.17. The molecular formula is C18H19N5O. The number of aryl methyl sites for hydroxylation is 1. The average molecular weight is 321 g/mol. The van der Waals surface area contributed by atoms with E-state index in [4.69, 9.17) is 0 Å². The Morgan fingerprint density at radius 1 is 1.21 bits per heavy atom. The first-order chi connectivity index (χ1) is 11.7. The van der Waals surface area contributed by atoms with Crippen molar-refractivity contribution in [3.8, 4) is 0 Å². The lowest BCUT2D eigenvalue weighted by molar-refractivity contribution is 0.0672. The SMILES string of the molecule is Cc1nccn1[C@H]1CCCN(C(=O)c2cnc3ccccc3n2)C1. The zero-order valence-electron chi connectivity index (χ0n) is 13.6. The standard InChI is InChI=1S/C18H19N5O/c1-13-19-8-10-23(13)14-5-4-9-22(12-14)18(24)17-11-20-15-6-2-3-7-16(15)21-17/h2-3,6-8,10-11,14H,4-5,9,12H2,1H3/t14-/m0/s1. The highest BCUT2D eigenvalue weighted by Crippen LogP contribution is 2.23. The second-order valence-corrected chi connectivity index (χ2v) is 6.17. The quantitative estimate of drug-likeness (QED) is 0.728. The molecule has 122 valence electrons. The second kappa shape index (κ2) is 6.03. The highest BCUT2D eigenvalue weighted by atomic mass is 16.2. The van der Waals surface area contributed by atoms with Gasteiger partial charge in [0.25, 0.3) is 5.91 Å². The minimum atomic E-state index is -0.0456. The van der Waals surface area contributed by atoms with Crippen LogP contribution in [0.15, 0.2) is 42.9 Å². The molecule has 1 atom stereocenters. The lowest BCUT2D eigenvalue weighted by Gasteiger charge is -2.33. The molecule has 1 amide bonds. The molecule has 2 aromatic heterocycles. The maximum absolute atomic E-state index is 12.8. The van der Waals surface area contributed by atoms with Gasteiger partial charge in [0.2, 0.25) is 0 Å². The van der Waals surface area contributed by atoms with Gasteiger partial charge in [0.1, 0.15) is 11.5 Å². The molecule has 6 heteroatoms. The van der Waals surface area contributed by atoms with Crippen LogP contribution in [0.5, 0.6) is 0 Å². The van der Waals surface area contributed by atoms with Crippen molar-refractivity contribution >= 4 is 16.9 Å². The predicted molar refractivity (Wildman–Crippen MR) is 90.7 cm³/mol. The minimum Gasteiger partial charge on any atom is -0.335 e. The Kier molecular flexibility index (Phi) is 3.72. The Labute approximate surface area is 140 Å². The van der Waals surface area contributed by atoms with Gasteiger partial charge in [-0.2, -0.15) is 0 Å². The third kappa shape index (κ3) is 2.64. The first-order valence-corrected chi connectivity index (χ1v) is 8.23. The number of rotatable bonds is 2. The molecule has 3 aromatic rings. The summed E-state index contributed by atoms with van der Waals surface area (Å²) in [5.74, 6) is 0.940. The van der Waals surface area contributed by atoms with Crippen LogP contribution < -0.4 is 0 Å². The Balaban J connectivity index is 1.57. The van der Waals surface area contributed by atoms with Gasteiger partial charge < -0.3 is 9.47 Å². The zero-order valence-corrected chi connectivity index (χ0v) is 13.6. The van der Waals surface area contributed by atoms with Crippen molar-refractivity contribution in [2.45, 2.75) is 25.8 Å². The van der Waals surface area contributed by atoms with E-state index in [1.165, 1.54) is 0 Å². The molecular weight excluding hydrogens is 302 g/mol. The van der Waals surface area contributed by atoms with E-state index in [0.717, 1.165) is 36.2 Å². The first-order valence-electron chi connectivity index (χ1n) is 8.23. The van der Waals surface area contributed by atoms with Crippen molar-refractivity contribution in [2.75, 3.05) is 13.1 Å². The molecule has 0 N–H and O–H groups in total. The number of carbonyl (C=O) groups excluding carboxylic acids is 1. The maximum Gasteiger partial charge on any atom is 0.274 e. The minimum absolute atomic E-state index is 0.0456. The summed E-state index contributed by atoms with van der Waals surface area (Å²) < 4.78 is 2.16. The lowest BCUT2D eigenvalue weighted by Crippen LogP contribution is -2.41. The summed E-state index contributed by atoms with van der Waals surface area (Å²) in [4.78, 5) is 27.9. The number of carbonyl (C=O) groups is 1. The Bertz CT molecular complexity index is 888. The molecule has 1 fully saturated rings. The molecule has 1 aliphatic heterocycles. The van der Waals surface area contributed by atoms with Crippen LogP contribution in [0.1, 0.15) is 35.2 Å². The van der Waals surface area contributed by atoms with Crippen LogP contribution in [-0.4, -0.2) is 43.4 Å². The molecule has 0 unspecified atom stereocenters. The Morgan fingerprint density at radius 2 is 2.04 bits per heavy atom. The molecule has 0 saturated carbocycles. The summed E-state index contributed by atoms with van der Waals surface area (Å²) in [6.07, 6.45) is 7.42. The largest absolute Gasteiger partial charge is 0.335 e. The molecule has 4 rings (SSSR count). The zero-order chi connectivity index (χ0) is 16.5. The highest BCUT2D eigenvalue weighted by molar-refractivity contribution is 5.93. The summed E-state index contributed by atoms with van der Waals surface area (Å²) in [6.45, 7) is 3.44. The van der Waals surface area contributed by atoms with Crippen LogP contribution >= 0.6 is 0 Å². The summed E-state index contributed by atoms with van der Waals surface area (Å²) in [5, 5.41) is 0. The van der Waals surface area contributed by atoms with E-state index in [2.05, 4.69) is 19.5 Å². The van der Waals surface area contributed by atoms with Crippen LogP contribution in [0, 0.1) is 6.92 Å². The summed E-state index contributed by atoms with van der Waals surface area (Å²) in [5.41, 5.74) is 1.97. The number of nitrogens with zero attached hydrogens (tertiary/aromatic N) is 5. The van der Waals surface area contributed by atoms with E-state index < -0.39 is 0 Å². The van der Waals surface area contributed by atoms with Crippen LogP contribution in [0.2, 0.25) is 0 Å². The van der Waals surface area contributed by atoms with Crippen molar-refractivity contribution in [1.29, 1.82) is 0 Å². The van der Waals surface area contributed by atoms with Crippen LogP contribution in [0.4, 0.5) is 0 Å². The number of piperidine rings is 1. The van der Waals surface area contributed by atoms with E-state index in [-0.39, 0.29) is 11.9 Å². The third-order valence-corrected chi connectivity index (χ3v) is 4.61. The molecule has 0 bridgehead atoms. The van der Waals surface area contributed by atoms with E-state index in [0.29, 0.717) is 12.2 Å². The molecule has 24 heavy (non-hydrogen) atoms. The number of likely N-dealkylation sites (tertiary alicyclic amines) is 1. The number of hydrogen-bond acceptors (Lipinski definition) is 4. The van der Waals surface area contributed by atoms with Gasteiger partial charge in [-0.05, 0) is 31.9 Å². The molecule has 1 saturated heterocycles. The van der Waals surface area contributed by atoms with Gasteiger partial charge in [-0.15, -0.1) is 0 Å². The van der Waals surface area contributed by atoms with Crippen molar-refractivity contribution in [3.05, 3.63) is 54.4 Å². The molecule has 1 aliphatic rings. The van der Waals surface area contributed by atoms with Crippen molar-refractivity contribution in [3.63, 3.8) is 0 Å². The summed E-state index contributed by atoms with van der Waals surface area (Å²) >= 11 is 0. The number of aromatic nitrogens is 4. The topological polar surface area (TPSA) is 63.9 Å². The van der Waals surface area contributed by atoms with E-state index in [1.807, 2.05) is 48.5 Å². The number of fused-ring (bicyclic) bond motifs is 1. The van der Waals surface area contributed by atoms with Crippen LogP contribution in [0.3, 0.4) is 0 Å². The van der Waals surface area contributed by atoms with Gasteiger partial charge in [0.15, 0.2) is 0 Å². The third-order valence-electron chi connectivity index (χ3n) is 4.61. The summed E-state index contributed by atoms with van der Waals surface area (Å²) in [7, 11) is 0. The van der Waals surface area contributed by atoms with Crippen molar-refractivity contribution in [2.24, 2.45) is 0 Å². The smallest absolute Gasteiger partial charge is 0.274 e. The molecule has 6 nitrogen and oxygen atoms in total. The Hall–Kier alpha value is -2.76.